The molecule has 6 heteroatoms. The number of rotatable bonds is 7. The number of nitrogens with zero attached hydrogens (tertiary/aromatic N) is 6. The Morgan fingerprint density at radius 2 is 0.764 bits per heavy atom. The molecule has 72 heavy (non-hydrogen) atoms. The van der Waals surface area contributed by atoms with Crippen molar-refractivity contribution < 1.29 is 0 Å². The molecule has 0 saturated carbocycles. The van der Waals surface area contributed by atoms with Crippen molar-refractivity contribution in [3.63, 3.8) is 0 Å². The first-order valence-corrected chi connectivity index (χ1v) is 24.6. The van der Waals surface area contributed by atoms with E-state index in [2.05, 4.69) is 234 Å². The number of anilines is 3. The summed E-state index contributed by atoms with van der Waals surface area (Å²) in [6.45, 7) is 4.83. The Kier molecular flexibility index (Phi) is 9.45. The molecule has 0 saturated heterocycles. The fourth-order valence-corrected chi connectivity index (χ4v) is 11.4. The molecule has 0 fully saturated rings. The van der Waals surface area contributed by atoms with E-state index in [1.807, 2.05) is 36.4 Å². The van der Waals surface area contributed by atoms with Crippen LogP contribution < -0.4 is 4.90 Å². The van der Waals surface area contributed by atoms with Crippen molar-refractivity contribution in [2.45, 2.75) is 19.3 Å². The van der Waals surface area contributed by atoms with E-state index >= 15 is 0 Å². The van der Waals surface area contributed by atoms with Crippen molar-refractivity contribution in [2.75, 3.05) is 4.90 Å². The van der Waals surface area contributed by atoms with Crippen molar-refractivity contribution in [3.05, 3.63) is 254 Å². The summed E-state index contributed by atoms with van der Waals surface area (Å²) in [5.41, 5.74) is 17.4. The maximum absolute atomic E-state index is 5.16. The first kappa shape index (κ1) is 41.6. The van der Waals surface area contributed by atoms with Crippen LogP contribution in [0, 0.1) is 0 Å². The second-order valence-electron chi connectivity index (χ2n) is 19.2. The Balaban J connectivity index is 1.03. The van der Waals surface area contributed by atoms with Gasteiger partial charge in [-0.05, 0) is 71.3 Å². The third-order valence-electron chi connectivity index (χ3n) is 14.7. The zero-order valence-electron chi connectivity index (χ0n) is 39.8. The third-order valence-corrected chi connectivity index (χ3v) is 14.7. The van der Waals surface area contributed by atoms with Gasteiger partial charge in [0.15, 0.2) is 17.5 Å². The molecule has 10 aromatic carbocycles. The molecule has 340 valence electrons. The van der Waals surface area contributed by atoms with Crippen LogP contribution in [-0.4, -0.2) is 24.1 Å². The van der Waals surface area contributed by atoms with Crippen LogP contribution in [0.3, 0.4) is 0 Å². The number of hydrogen-bond donors (Lipinski definition) is 0. The number of aromatic nitrogens is 5. The standard InChI is InChI=1S/C66H46N6/c1-66(2)55-39-37-54-52-34-16-18-36-57(52)72(49-31-19-27-46(41-49)43-21-7-3-8-22-43)61(54)62(55)70(48-29-13-6-14-30-48)58-40-38-53-51-33-15-17-35-56(51)71(60(53)59(58)66)50-32-20-28-47(42-50)65-68-63(44-23-9-4-10-24-44)67-64(69-65)45-25-11-5-12-26-45/h3-42H,1-2H3. The number of para-hydroxylation sites is 3. The normalized spacial score (nSPS) is 12.9. The molecule has 13 aromatic rings. The van der Waals surface area contributed by atoms with E-state index in [1.165, 1.54) is 66.0 Å². The highest BCUT2D eigenvalue weighted by molar-refractivity contribution is 6.18. The van der Waals surface area contributed by atoms with Gasteiger partial charge in [-0.15, -0.1) is 0 Å². The van der Waals surface area contributed by atoms with Crippen LogP contribution >= 0.6 is 0 Å². The maximum Gasteiger partial charge on any atom is 0.164 e. The van der Waals surface area contributed by atoms with Crippen LogP contribution in [0.25, 0.3) is 100 Å². The number of benzene rings is 10. The van der Waals surface area contributed by atoms with Gasteiger partial charge in [-0.3, -0.25) is 0 Å². The lowest BCUT2D eigenvalue weighted by molar-refractivity contribution is 0.636. The van der Waals surface area contributed by atoms with Crippen molar-refractivity contribution in [1.82, 2.24) is 24.1 Å². The molecule has 0 unspecified atom stereocenters. The van der Waals surface area contributed by atoms with Gasteiger partial charge in [-0.25, -0.2) is 15.0 Å². The number of hydrogen-bond acceptors (Lipinski definition) is 4. The molecule has 6 nitrogen and oxygen atoms in total. The van der Waals surface area contributed by atoms with Crippen LogP contribution in [0.15, 0.2) is 243 Å². The van der Waals surface area contributed by atoms with Gasteiger partial charge in [0.1, 0.15) is 0 Å². The Hall–Kier alpha value is -9.39. The smallest absolute Gasteiger partial charge is 0.164 e. The molecule has 3 aromatic heterocycles. The molecule has 0 spiro atoms. The van der Waals surface area contributed by atoms with Crippen LogP contribution in [0.2, 0.25) is 0 Å². The van der Waals surface area contributed by atoms with Gasteiger partial charge in [0.2, 0.25) is 0 Å². The molecular weight excluding hydrogens is 877 g/mol. The lowest BCUT2D eigenvalue weighted by Crippen LogP contribution is -2.31. The van der Waals surface area contributed by atoms with E-state index in [0.717, 1.165) is 45.0 Å². The molecular formula is C66H46N6. The quantitative estimate of drug-likeness (QED) is 0.160. The Bertz CT molecular complexity index is 4170. The molecule has 1 aliphatic heterocycles. The molecule has 0 N–H and O–H groups in total. The summed E-state index contributed by atoms with van der Waals surface area (Å²) in [6, 6.07) is 86.8. The minimum Gasteiger partial charge on any atom is -0.309 e. The van der Waals surface area contributed by atoms with Gasteiger partial charge >= 0.3 is 0 Å². The van der Waals surface area contributed by atoms with Gasteiger partial charge in [0.25, 0.3) is 0 Å². The number of fused-ring (bicyclic) bond motifs is 10. The van der Waals surface area contributed by atoms with Gasteiger partial charge in [-0.1, -0.05) is 202 Å². The van der Waals surface area contributed by atoms with Crippen LogP contribution in [0.1, 0.15) is 25.0 Å². The topological polar surface area (TPSA) is 51.8 Å². The summed E-state index contributed by atoms with van der Waals surface area (Å²) < 4.78 is 4.98. The highest BCUT2D eigenvalue weighted by atomic mass is 15.2. The average molecular weight is 923 g/mol. The van der Waals surface area contributed by atoms with Gasteiger partial charge in [-0.2, -0.15) is 0 Å². The molecule has 14 rings (SSSR count). The SMILES string of the molecule is CC1(C)c2ccc3c4ccccc4n(-c4cccc(-c5ccccc5)c4)c3c2N(c2ccccc2)c2ccc3c4ccccc4n(-c4cccc(-c5nc(-c6ccccc6)nc(-c6ccccc6)n5)c4)c3c21. The molecule has 0 bridgehead atoms. The van der Waals surface area contributed by atoms with E-state index in [9.17, 15) is 0 Å². The summed E-state index contributed by atoms with van der Waals surface area (Å²) in [6.07, 6.45) is 0. The summed E-state index contributed by atoms with van der Waals surface area (Å²) >= 11 is 0. The van der Waals surface area contributed by atoms with Crippen molar-refractivity contribution in [2.24, 2.45) is 0 Å². The fraction of sp³-hybridized carbons (Fsp3) is 0.0455. The average Bonchev–Trinajstić information content (AvgIpc) is 3.97. The second kappa shape index (κ2) is 16.4. The lowest BCUT2D eigenvalue weighted by Gasteiger charge is -2.43. The van der Waals surface area contributed by atoms with Crippen molar-refractivity contribution >= 4 is 60.7 Å². The molecule has 0 atom stereocenters. The fourth-order valence-electron chi connectivity index (χ4n) is 11.4. The zero-order valence-corrected chi connectivity index (χ0v) is 39.8. The van der Waals surface area contributed by atoms with Gasteiger partial charge < -0.3 is 14.0 Å². The van der Waals surface area contributed by atoms with E-state index in [1.54, 1.807) is 0 Å². The predicted octanol–water partition coefficient (Wildman–Crippen LogP) is 16.8. The maximum atomic E-state index is 5.16. The van der Waals surface area contributed by atoms with E-state index in [4.69, 9.17) is 15.0 Å². The Labute approximate surface area is 417 Å². The largest absolute Gasteiger partial charge is 0.309 e. The van der Waals surface area contributed by atoms with E-state index < -0.39 is 5.41 Å². The second-order valence-corrected chi connectivity index (χ2v) is 19.2. The predicted molar refractivity (Wildman–Crippen MR) is 297 cm³/mol. The molecule has 0 radical (unpaired) electrons. The Morgan fingerprint density at radius 3 is 1.36 bits per heavy atom. The molecule has 0 amide bonds. The van der Waals surface area contributed by atoms with Crippen LogP contribution in [-0.2, 0) is 5.41 Å². The third kappa shape index (κ3) is 6.46. The zero-order chi connectivity index (χ0) is 47.9. The highest BCUT2D eigenvalue weighted by Gasteiger charge is 2.42. The lowest BCUT2D eigenvalue weighted by atomic mass is 9.72. The van der Waals surface area contributed by atoms with Crippen LogP contribution in [0.5, 0.6) is 0 Å². The van der Waals surface area contributed by atoms with Gasteiger partial charge in [0.05, 0.1) is 33.4 Å². The molecule has 1 aliphatic rings. The van der Waals surface area contributed by atoms with Gasteiger partial charge in [0, 0.05) is 66.3 Å². The minimum atomic E-state index is -0.482. The highest BCUT2D eigenvalue weighted by Crippen LogP contribution is 2.58. The summed E-state index contributed by atoms with van der Waals surface area (Å²) in [4.78, 5) is 17.9. The summed E-state index contributed by atoms with van der Waals surface area (Å²) in [7, 11) is 0. The van der Waals surface area contributed by atoms with Crippen molar-refractivity contribution in [1.29, 1.82) is 0 Å². The summed E-state index contributed by atoms with van der Waals surface area (Å²) in [5.74, 6) is 1.88. The monoisotopic (exact) mass is 922 g/mol. The van der Waals surface area contributed by atoms with Crippen LogP contribution in [0.4, 0.5) is 17.1 Å². The van der Waals surface area contributed by atoms with Crippen molar-refractivity contribution in [3.8, 4) is 56.7 Å². The van der Waals surface area contributed by atoms with E-state index in [0.29, 0.717) is 17.5 Å². The molecule has 4 heterocycles. The first-order valence-electron chi connectivity index (χ1n) is 24.6. The first-order chi connectivity index (χ1) is 35.5. The minimum absolute atomic E-state index is 0.482. The Morgan fingerprint density at radius 1 is 0.333 bits per heavy atom. The summed E-state index contributed by atoms with van der Waals surface area (Å²) in [5, 5.41) is 4.83. The van der Waals surface area contributed by atoms with E-state index in [-0.39, 0.29) is 0 Å². The molecule has 0 aliphatic carbocycles.